The lowest BCUT2D eigenvalue weighted by Crippen LogP contribution is -2.52. The Morgan fingerprint density at radius 1 is 1.03 bits per heavy atom. The first-order valence-electron chi connectivity index (χ1n) is 11.6. The fourth-order valence-corrected chi connectivity index (χ4v) is 5.10. The van der Waals surface area contributed by atoms with E-state index < -0.39 is 0 Å². The average Bonchev–Trinajstić information content (AvgIpc) is 3.31. The molecule has 4 rings (SSSR count). The van der Waals surface area contributed by atoms with Crippen LogP contribution < -0.4 is 5.32 Å². The summed E-state index contributed by atoms with van der Waals surface area (Å²) in [6.07, 6.45) is 10.1. The van der Waals surface area contributed by atoms with Gasteiger partial charge in [0.15, 0.2) is 0 Å². The number of hydrogen-bond acceptors (Lipinski definition) is 5. The van der Waals surface area contributed by atoms with Crippen molar-refractivity contribution in [1.82, 2.24) is 25.0 Å². The maximum atomic E-state index is 12.7. The van der Waals surface area contributed by atoms with Crippen molar-refractivity contribution in [3.63, 3.8) is 0 Å². The van der Waals surface area contributed by atoms with E-state index in [2.05, 4.69) is 25.0 Å². The third kappa shape index (κ3) is 5.58. The minimum atomic E-state index is 0.0604. The van der Waals surface area contributed by atoms with Gasteiger partial charge in [0.2, 0.25) is 11.8 Å². The van der Waals surface area contributed by atoms with Gasteiger partial charge in [-0.3, -0.25) is 24.4 Å². The summed E-state index contributed by atoms with van der Waals surface area (Å²) in [7, 11) is 0. The van der Waals surface area contributed by atoms with Gasteiger partial charge in [0.05, 0.1) is 12.5 Å². The maximum Gasteiger partial charge on any atom is 0.236 e. The van der Waals surface area contributed by atoms with Gasteiger partial charge in [-0.1, -0.05) is 6.07 Å². The highest BCUT2D eigenvalue weighted by molar-refractivity contribution is 5.79. The summed E-state index contributed by atoms with van der Waals surface area (Å²) in [5, 5.41) is 3.09. The molecule has 1 N–H and O–H groups in total. The third-order valence-electron chi connectivity index (χ3n) is 6.90. The molecule has 7 nitrogen and oxygen atoms in total. The number of aromatic nitrogens is 1. The molecule has 0 unspecified atom stereocenters. The van der Waals surface area contributed by atoms with Crippen molar-refractivity contribution in [2.24, 2.45) is 5.92 Å². The van der Waals surface area contributed by atoms with Crippen molar-refractivity contribution in [1.29, 1.82) is 0 Å². The molecule has 0 aromatic carbocycles. The smallest absolute Gasteiger partial charge is 0.236 e. The molecule has 164 valence electrons. The highest BCUT2D eigenvalue weighted by Crippen LogP contribution is 2.24. The molecular formula is C23H35N5O2. The Labute approximate surface area is 179 Å². The molecule has 7 heteroatoms. The van der Waals surface area contributed by atoms with E-state index in [0.29, 0.717) is 25.0 Å². The van der Waals surface area contributed by atoms with E-state index in [9.17, 15) is 9.59 Å². The normalized spacial score (nSPS) is 24.1. The first kappa shape index (κ1) is 21.2. The predicted molar refractivity (Wildman–Crippen MR) is 116 cm³/mol. The molecule has 3 aliphatic heterocycles. The molecular weight excluding hydrogens is 378 g/mol. The van der Waals surface area contributed by atoms with Crippen LogP contribution in [-0.4, -0.2) is 83.4 Å². The lowest BCUT2D eigenvalue weighted by Gasteiger charge is -2.42. The van der Waals surface area contributed by atoms with Gasteiger partial charge in [-0.05, 0) is 69.8 Å². The van der Waals surface area contributed by atoms with Crippen molar-refractivity contribution in [3.8, 4) is 0 Å². The van der Waals surface area contributed by atoms with E-state index in [-0.39, 0.29) is 11.8 Å². The molecule has 3 saturated heterocycles. The number of nitrogens with one attached hydrogen (secondary N) is 1. The first-order valence-corrected chi connectivity index (χ1v) is 11.6. The highest BCUT2D eigenvalue weighted by Gasteiger charge is 2.32. The largest absolute Gasteiger partial charge is 0.352 e. The number of amides is 2. The second kappa shape index (κ2) is 10.4. The summed E-state index contributed by atoms with van der Waals surface area (Å²) in [5.74, 6) is 0.508. The monoisotopic (exact) mass is 413 g/mol. The summed E-state index contributed by atoms with van der Waals surface area (Å²) in [6.45, 7) is 6.89. The van der Waals surface area contributed by atoms with Crippen LogP contribution in [0.2, 0.25) is 0 Å². The predicted octanol–water partition coefficient (Wildman–Crippen LogP) is 1.50. The van der Waals surface area contributed by atoms with Crippen molar-refractivity contribution in [3.05, 3.63) is 30.1 Å². The highest BCUT2D eigenvalue weighted by atomic mass is 16.2. The number of nitrogens with zero attached hydrogens (tertiary/aromatic N) is 4. The Balaban J connectivity index is 1.21. The van der Waals surface area contributed by atoms with Gasteiger partial charge >= 0.3 is 0 Å². The van der Waals surface area contributed by atoms with E-state index in [0.717, 1.165) is 70.5 Å². The first-order chi connectivity index (χ1) is 14.7. The molecule has 1 aromatic heterocycles. The minimum absolute atomic E-state index is 0.0604. The van der Waals surface area contributed by atoms with Gasteiger partial charge in [-0.2, -0.15) is 0 Å². The molecule has 3 fully saturated rings. The van der Waals surface area contributed by atoms with Crippen molar-refractivity contribution in [2.45, 2.75) is 51.1 Å². The van der Waals surface area contributed by atoms with Crippen LogP contribution in [0.4, 0.5) is 0 Å². The standard InChI is InChI=1S/C23H35N5O2/c29-22(18-26-10-1-2-11-26)27-13-7-21(8-14-27)28-12-4-6-20(17-28)23(30)25-16-19-5-3-9-24-15-19/h3,5,9,15,20-21H,1-2,4,6-8,10-14,16-18H2,(H,25,30)/t20-/m1/s1. The van der Waals surface area contributed by atoms with Crippen LogP contribution >= 0.6 is 0 Å². The van der Waals surface area contributed by atoms with E-state index in [1.165, 1.54) is 12.8 Å². The molecule has 3 aliphatic rings. The summed E-state index contributed by atoms with van der Waals surface area (Å²) in [6, 6.07) is 4.38. The van der Waals surface area contributed by atoms with E-state index in [1.54, 1.807) is 12.4 Å². The van der Waals surface area contributed by atoms with Gasteiger partial charge in [-0.15, -0.1) is 0 Å². The van der Waals surface area contributed by atoms with E-state index in [1.807, 2.05) is 12.1 Å². The fourth-order valence-electron chi connectivity index (χ4n) is 5.10. The number of piperidine rings is 2. The Morgan fingerprint density at radius 3 is 2.57 bits per heavy atom. The van der Waals surface area contributed by atoms with Gasteiger partial charge in [0.1, 0.15) is 0 Å². The molecule has 2 amide bonds. The van der Waals surface area contributed by atoms with Gasteiger partial charge in [-0.25, -0.2) is 0 Å². The number of carbonyl (C=O) groups excluding carboxylic acids is 2. The van der Waals surface area contributed by atoms with Crippen LogP contribution in [0.3, 0.4) is 0 Å². The van der Waals surface area contributed by atoms with E-state index in [4.69, 9.17) is 0 Å². The zero-order valence-electron chi connectivity index (χ0n) is 18.0. The van der Waals surface area contributed by atoms with Crippen LogP contribution in [-0.2, 0) is 16.1 Å². The average molecular weight is 414 g/mol. The topological polar surface area (TPSA) is 68.8 Å². The second-order valence-corrected chi connectivity index (χ2v) is 9.01. The van der Waals surface area contributed by atoms with Crippen LogP contribution in [0.25, 0.3) is 0 Å². The maximum absolute atomic E-state index is 12.7. The lowest BCUT2D eigenvalue weighted by molar-refractivity contribution is -0.133. The zero-order valence-corrected chi connectivity index (χ0v) is 18.0. The third-order valence-corrected chi connectivity index (χ3v) is 6.90. The summed E-state index contributed by atoms with van der Waals surface area (Å²) in [4.78, 5) is 36.2. The van der Waals surface area contributed by atoms with Crippen molar-refractivity contribution < 1.29 is 9.59 Å². The SMILES string of the molecule is O=C(NCc1cccnc1)[C@@H]1CCCN(C2CCN(C(=O)CN3CCCC3)CC2)C1. The zero-order chi connectivity index (χ0) is 20.8. The molecule has 1 aromatic rings. The van der Waals surface area contributed by atoms with Crippen molar-refractivity contribution in [2.75, 3.05) is 45.8 Å². The minimum Gasteiger partial charge on any atom is -0.352 e. The molecule has 0 aliphatic carbocycles. The number of likely N-dealkylation sites (tertiary alicyclic amines) is 3. The molecule has 1 atom stereocenters. The summed E-state index contributed by atoms with van der Waals surface area (Å²) < 4.78 is 0. The second-order valence-electron chi connectivity index (χ2n) is 9.01. The quantitative estimate of drug-likeness (QED) is 0.765. The molecule has 0 saturated carbocycles. The van der Waals surface area contributed by atoms with Crippen LogP contribution in [0.1, 0.15) is 44.1 Å². The molecule has 0 bridgehead atoms. The molecule has 4 heterocycles. The van der Waals surface area contributed by atoms with Crippen LogP contribution in [0.5, 0.6) is 0 Å². The Bertz CT molecular complexity index is 699. The fraction of sp³-hybridized carbons (Fsp3) is 0.696. The molecule has 0 radical (unpaired) electrons. The number of hydrogen-bond donors (Lipinski definition) is 1. The Kier molecular flexibility index (Phi) is 7.33. The summed E-state index contributed by atoms with van der Waals surface area (Å²) >= 11 is 0. The number of pyridine rings is 1. The summed E-state index contributed by atoms with van der Waals surface area (Å²) in [5.41, 5.74) is 1.03. The van der Waals surface area contributed by atoms with E-state index >= 15 is 0 Å². The van der Waals surface area contributed by atoms with Gasteiger partial charge in [0, 0.05) is 44.6 Å². The van der Waals surface area contributed by atoms with Gasteiger partial charge < -0.3 is 10.2 Å². The Morgan fingerprint density at radius 2 is 1.83 bits per heavy atom. The lowest BCUT2D eigenvalue weighted by atomic mass is 9.93. The van der Waals surface area contributed by atoms with Crippen LogP contribution in [0.15, 0.2) is 24.5 Å². The molecule has 30 heavy (non-hydrogen) atoms. The number of rotatable bonds is 6. The molecule has 0 spiro atoms. The van der Waals surface area contributed by atoms with Gasteiger partial charge in [0.25, 0.3) is 0 Å². The van der Waals surface area contributed by atoms with Crippen molar-refractivity contribution >= 4 is 11.8 Å². The Hall–Kier alpha value is -1.99. The van der Waals surface area contributed by atoms with Crippen LogP contribution in [0, 0.1) is 5.92 Å². The number of carbonyl (C=O) groups is 2.